The van der Waals surface area contributed by atoms with E-state index in [0.29, 0.717) is 35.7 Å². The number of nitrogens with two attached hydrogens (primary N) is 1. The molecule has 2 saturated heterocycles. The molecule has 1 amide bonds. The van der Waals surface area contributed by atoms with Gasteiger partial charge in [-0.3, -0.25) is 14.8 Å². The molecule has 10 heteroatoms. The Morgan fingerprint density at radius 3 is 2.66 bits per heavy atom. The van der Waals surface area contributed by atoms with Gasteiger partial charge in [-0.2, -0.15) is 5.26 Å². The lowest BCUT2D eigenvalue weighted by atomic mass is 9.87. The van der Waals surface area contributed by atoms with Crippen LogP contribution in [0.4, 0.5) is 17.1 Å². The van der Waals surface area contributed by atoms with Crippen LogP contribution in [0.5, 0.6) is 0 Å². The van der Waals surface area contributed by atoms with E-state index in [1.807, 2.05) is 18.3 Å². The zero-order valence-electron chi connectivity index (χ0n) is 21.2. The first-order chi connectivity index (χ1) is 18.5. The molecule has 1 saturated carbocycles. The third-order valence-electron chi connectivity index (χ3n) is 8.15. The zero-order valence-corrected chi connectivity index (χ0v) is 21.2. The molecule has 0 aromatic carbocycles. The predicted octanol–water partition coefficient (Wildman–Crippen LogP) is 2.55. The van der Waals surface area contributed by atoms with Crippen molar-refractivity contribution in [1.82, 2.24) is 15.0 Å². The Bertz CT molecular complexity index is 1380. The molecule has 0 radical (unpaired) electrons. The molecule has 0 bridgehead atoms. The van der Waals surface area contributed by atoms with Crippen LogP contribution in [0.25, 0.3) is 11.0 Å². The number of nitriles is 1. The van der Waals surface area contributed by atoms with E-state index in [4.69, 9.17) is 5.73 Å². The van der Waals surface area contributed by atoms with Crippen LogP contribution in [0, 0.1) is 29.1 Å². The number of carbonyl (C=O) groups is 1. The van der Waals surface area contributed by atoms with Crippen LogP contribution < -0.4 is 20.9 Å². The standard InChI is InChI=1S/C28H32N8O2/c29-12-17-6-9-35(10-7-17)19-11-24-22(32-13-19)3-4-23(33-24)28(38)34-25-14-31-8-5-26(25)36-15-20(18-1-2-18)27(37)21(30)16-36/h3-5,8,11,13-14,17-18,20-21,27,37H,1-2,6-7,9-10,15-16,30H2,(H,34,38)/t20?,21-,27-/m1/s1. The molecule has 3 aromatic heterocycles. The van der Waals surface area contributed by atoms with Crippen molar-refractivity contribution in [2.24, 2.45) is 23.5 Å². The van der Waals surface area contributed by atoms with Crippen LogP contribution in [-0.4, -0.2) is 64.3 Å². The molecular weight excluding hydrogens is 480 g/mol. The number of rotatable bonds is 5. The quantitative estimate of drug-likeness (QED) is 0.470. The van der Waals surface area contributed by atoms with Gasteiger partial charge in [-0.15, -0.1) is 0 Å². The summed E-state index contributed by atoms with van der Waals surface area (Å²) in [6, 6.07) is 9.33. The molecule has 3 atom stereocenters. The Labute approximate surface area is 221 Å². The van der Waals surface area contributed by atoms with E-state index in [1.165, 1.54) is 0 Å². The molecule has 0 spiro atoms. The molecule has 10 nitrogen and oxygen atoms in total. The number of nitrogens with zero attached hydrogens (tertiary/aromatic N) is 6. The number of aliphatic hydroxyl groups excluding tert-OH is 1. The molecule has 3 fully saturated rings. The van der Waals surface area contributed by atoms with Crippen LogP contribution in [0.15, 0.2) is 42.9 Å². The van der Waals surface area contributed by atoms with Crippen molar-refractivity contribution >= 4 is 34.0 Å². The summed E-state index contributed by atoms with van der Waals surface area (Å²) in [7, 11) is 0. The highest BCUT2D eigenvalue weighted by atomic mass is 16.3. The summed E-state index contributed by atoms with van der Waals surface area (Å²) in [6.45, 7) is 2.80. The Morgan fingerprint density at radius 2 is 1.89 bits per heavy atom. The van der Waals surface area contributed by atoms with Crippen LogP contribution in [0.2, 0.25) is 0 Å². The largest absolute Gasteiger partial charge is 0.391 e. The average molecular weight is 513 g/mol. The van der Waals surface area contributed by atoms with E-state index < -0.39 is 6.10 Å². The number of piperidine rings is 2. The minimum Gasteiger partial charge on any atom is -0.391 e. The van der Waals surface area contributed by atoms with Gasteiger partial charge in [-0.1, -0.05) is 0 Å². The van der Waals surface area contributed by atoms with Crippen LogP contribution in [-0.2, 0) is 0 Å². The number of anilines is 3. The maximum Gasteiger partial charge on any atom is 0.274 e. The van der Waals surface area contributed by atoms with Crippen molar-refractivity contribution in [3.05, 3.63) is 48.5 Å². The van der Waals surface area contributed by atoms with Crippen molar-refractivity contribution in [1.29, 1.82) is 5.26 Å². The topological polar surface area (TPSA) is 144 Å². The summed E-state index contributed by atoms with van der Waals surface area (Å²) in [4.78, 5) is 31.1. The van der Waals surface area contributed by atoms with Gasteiger partial charge in [-0.05, 0) is 55.9 Å². The summed E-state index contributed by atoms with van der Waals surface area (Å²) in [6.07, 6.45) is 8.59. The number of aliphatic hydroxyl groups is 1. The number of hydrogen-bond acceptors (Lipinski definition) is 9. The molecule has 6 rings (SSSR count). The fourth-order valence-electron chi connectivity index (χ4n) is 5.77. The van der Waals surface area contributed by atoms with E-state index in [-0.39, 0.29) is 29.5 Å². The maximum atomic E-state index is 13.3. The third kappa shape index (κ3) is 4.87. The van der Waals surface area contributed by atoms with Gasteiger partial charge in [0.2, 0.25) is 0 Å². The van der Waals surface area contributed by atoms with E-state index in [2.05, 4.69) is 36.1 Å². The highest BCUT2D eigenvalue weighted by Gasteiger charge is 2.43. The first kappa shape index (κ1) is 24.5. The van der Waals surface area contributed by atoms with Crippen molar-refractivity contribution in [2.45, 2.75) is 37.8 Å². The second-order valence-electron chi connectivity index (χ2n) is 10.7. The SMILES string of the molecule is N#CC1CCN(c2cnc3ccc(C(=O)Nc4cnccc4N4CC(C5CC5)[C@@H](O)[C@H](N)C4)nc3c2)CC1. The fourth-order valence-corrected chi connectivity index (χ4v) is 5.77. The minimum atomic E-state index is -0.503. The molecule has 3 aliphatic rings. The fraction of sp³-hybridized carbons (Fsp3) is 0.464. The highest BCUT2D eigenvalue weighted by Crippen LogP contribution is 2.42. The van der Waals surface area contributed by atoms with E-state index in [9.17, 15) is 15.2 Å². The molecule has 38 heavy (non-hydrogen) atoms. The van der Waals surface area contributed by atoms with Gasteiger partial charge in [0.25, 0.3) is 5.91 Å². The Morgan fingerprint density at radius 1 is 1.08 bits per heavy atom. The number of hydrogen-bond donors (Lipinski definition) is 3. The van der Waals surface area contributed by atoms with Gasteiger partial charge in [0.05, 0.1) is 52.7 Å². The monoisotopic (exact) mass is 512 g/mol. The molecule has 5 heterocycles. The van der Waals surface area contributed by atoms with E-state index >= 15 is 0 Å². The van der Waals surface area contributed by atoms with Crippen molar-refractivity contribution in [3.8, 4) is 6.07 Å². The number of amides is 1. The molecule has 196 valence electrons. The number of fused-ring (bicyclic) bond motifs is 1. The Balaban J connectivity index is 1.21. The summed E-state index contributed by atoms with van der Waals surface area (Å²) >= 11 is 0. The third-order valence-corrected chi connectivity index (χ3v) is 8.15. The lowest BCUT2D eigenvalue weighted by Gasteiger charge is -2.42. The van der Waals surface area contributed by atoms with Crippen LogP contribution in [0.3, 0.4) is 0 Å². The zero-order chi connectivity index (χ0) is 26.2. The highest BCUT2D eigenvalue weighted by molar-refractivity contribution is 6.05. The second-order valence-corrected chi connectivity index (χ2v) is 10.7. The lowest BCUT2D eigenvalue weighted by Crippen LogP contribution is -2.57. The number of pyridine rings is 3. The van der Waals surface area contributed by atoms with E-state index in [1.54, 1.807) is 24.5 Å². The van der Waals surface area contributed by atoms with Gasteiger partial charge in [0.15, 0.2) is 0 Å². The smallest absolute Gasteiger partial charge is 0.274 e. The number of carbonyl (C=O) groups excluding carboxylic acids is 1. The van der Waals surface area contributed by atoms with E-state index in [0.717, 1.165) is 50.1 Å². The van der Waals surface area contributed by atoms with Gasteiger partial charge in [0, 0.05) is 50.3 Å². The van der Waals surface area contributed by atoms with Crippen molar-refractivity contribution in [3.63, 3.8) is 0 Å². The molecule has 3 aromatic rings. The molecule has 1 aliphatic carbocycles. The average Bonchev–Trinajstić information content (AvgIpc) is 3.80. The summed E-state index contributed by atoms with van der Waals surface area (Å²) < 4.78 is 0. The van der Waals surface area contributed by atoms with Gasteiger partial charge >= 0.3 is 0 Å². The Hall–Kier alpha value is -3.81. The second kappa shape index (κ2) is 10.2. The molecule has 1 unspecified atom stereocenters. The van der Waals surface area contributed by atoms with Crippen molar-refractivity contribution < 1.29 is 9.90 Å². The normalized spacial score (nSPS) is 24.3. The number of nitrogens with one attached hydrogen (secondary N) is 1. The van der Waals surface area contributed by atoms with Crippen molar-refractivity contribution in [2.75, 3.05) is 41.3 Å². The first-order valence-electron chi connectivity index (χ1n) is 13.4. The van der Waals surface area contributed by atoms with Gasteiger partial charge in [0.1, 0.15) is 5.69 Å². The predicted molar refractivity (Wildman–Crippen MR) is 145 cm³/mol. The first-order valence-corrected chi connectivity index (χ1v) is 13.4. The molecule has 4 N–H and O–H groups in total. The van der Waals surface area contributed by atoms with Gasteiger partial charge in [-0.25, -0.2) is 4.98 Å². The lowest BCUT2D eigenvalue weighted by molar-refractivity contribution is 0.0594. The molecule has 2 aliphatic heterocycles. The minimum absolute atomic E-state index is 0.107. The summed E-state index contributed by atoms with van der Waals surface area (Å²) in [5.74, 6) is 0.416. The molecular formula is C28H32N8O2. The van der Waals surface area contributed by atoms with Crippen LogP contribution >= 0.6 is 0 Å². The maximum absolute atomic E-state index is 13.3. The Kier molecular flexibility index (Phi) is 6.55. The number of aromatic nitrogens is 3. The summed E-state index contributed by atoms with van der Waals surface area (Å²) in [5.41, 5.74) is 10.3. The van der Waals surface area contributed by atoms with Gasteiger partial charge < -0.3 is 26.0 Å². The summed E-state index contributed by atoms with van der Waals surface area (Å²) in [5, 5.41) is 22.8. The van der Waals surface area contributed by atoms with Crippen LogP contribution in [0.1, 0.15) is 36.2 Å².